The van der Waals surface area contributed by atoms with E-state index in [1.54, 1.807) is 20.1 Å². The van der Waals surface area contributed by atoms with E-state index in [0.29, 0.717) is 23.7 Å². The maximum Gasteiger partial charge on any atom is 0.269 e. The summed E-state index contributed by atoms with van der Waals surface area (Å²) in [6, 6.07) is 10.4. The quantitative estimate of drug-likeness (QED) is 0.382. The molecule has 0 aliphatic heterocycles. The smallest absolute Gasteiger partial charge is 0.269 e. The minimum atomic E-state index is -0.413. The highest BCUT2D eigenvalue weighted by molar-refractivity contribution is 6.12. The Bertz CT molecular complexity index is 1210. The largest absolute Gasteiger partial charge is 0.456 e. The highest BCUT2D eigenvalue weighted by Crippen LogP contribution is 2.39. The number of methoxy groups -OCH3 is 1. The van der Waals surface area contributed by atoms with Crippen LogP contribution in [0.25, 0.3) is 21.8 Å². The Kier molecular flexibility index (Phi) is 4.44. The van der Waals surface area contributed by atoms with Gasteiger partial charge in [0, 0.05) is 35.9 Å². The van der Waals surface area contributed by atoms with Gasteiger partial charge in [-0.25, -0.2) is 0 Å². The number of aromatic nitrogens is 2. The SMILES string of the molecule is COCc1c(C)ncc2[nH]c3cccc(Oc4ccc([N+](=O)[O-])cc4C)c3c12. The van der Waals surface area contributed by atoms with Gasteiger partial charge in [0.05, 0.1) is 34.1 Å². The lowest BCUT2D eigenvalue weighted by molar-refractivity contribution is -0.384. The van der Waals surface area contributed by atoms with Crippen LogP contribution in [0.4, 0.5) is 5.69 Å². The number of nitrogens with zero attached hydrogens (tertiary/aromatic N) is 2. The molecule has 0 aliphatic rings. The zero-order chi connectivity index (χ0) is 19.8. The number of rotatable bonds is 5. The molecule has 4 aromatic rings. The van der Waals surface area contributed by atoms with Crippen LogP contribution in [0.15, 0.2) is 42.6 Å². The van der Waals surface area contributed by atoms with Crippen molar-refractivity contribution in [1.82, 2.24) is 9.97 Å². The summed E-state index contributed by atoms with van der Waals surface area (Å²) in [5.41, 5.74) is 4.47. The molecule has 0 bridgehead atoms. The molecule has 2 aromatic heterocycles. The van der Waals surface area contributed by atoms with Gasteiger partial charge in [-0.15, -0.1) is 0 Å². The first-order valence-corrected chi connectivity index (χ1v) is 8.80. The summed E-state index contributed by atoms with van der Waals surface area (Å²) in [6.07, 6.45) is 1.81. The number of ether oxygens (including phenoxy) is 2. The van der Waals surface area contributed by atoms with E-state index in [4.69, 9.17) is 9.47 Å². The number of hydrogen-bond acceptors (Lipinski definition) is 5. The first-order valence-electron chi connectivity index (χ1n) is 8.80. The lowest BCUT2D eigenvalue weighted by Gasteiger charge is -2.11. The van der Waals surface area contributed by atoms with Crippen LogP contribution in [0, 0.1) is 24.0 Å². The van der Waals surface area contributed by atoms with Crippen LogP contribution in [0.5, 0.6) is 11.5 Å². The van der Waals surface area contributed by atoms with Crippen molar-refractivity contribution >= 4 is 27.5 Å². The van der Waals surface area contributed by atoms with Crippen LogP contribution < -0.4 is 4.74 Å². The molecule has 4 rings (SSSR count). The number of pyridine rings is 1. The van der Waals surface area contributed by atoms with Crippen molar-refractivity contribution in [3.8, 4) is 11.5 Å². The van der Waals surface area contributed by atoms with Crippen molar-refractivity contribution in [2.45, 2.75) is 20.5 Å². The van der Waals surface area contributed by atoms with Crippen molar-refractivity contribution in [3.63, 3.8) is 0 Å². The van der Waals surface area contributed by atoms with Gasteiger partial charge in [0.15, 0.2) is 0 Å². The first kappa shape index (κ1) is 17.9. The van der Waals surface area contributed by atoms with Crippen molar-refractivity contribution < 1.29 is 14.4 Å². The summed E-state index contributed by atoms with van der Waals surface area (Å²) in [6.45, 7) is 4.19. The normalized spacial score (nSPS) is 11.2. The number of nitro groups is 1. The summed E-state index contributed by atoms with van der Waals surface area (Å²) in [4.78, 5) is 18.4. The van der Waals surface area contributed by atoms with E-state index < -0.39 is 4.92 Å². The molecule has 0 fully saturated rings. The molecular weight excluding hydrogens is 358 g/mol. The van der Waals surface area contributed by atoms with E-state index >= 15 is 0 Å². The average molecular weight is 377 g/mol. The molecule has 0 aliphatic carbocycles. The van der Waals surface area contributed by atoms with Crippen LogP contribution in [0.3, 0.4) is 0 Å². The van der Waals surface area contributed by atoms with E-state index in [0.717, 1.165) is 33.1 Å². The minimum absolute atomic E-state index is 0.0410. The predicted octanol–water partition coefficient (Wildman–Crippen LogP) is 5.18. The van der Waals surface area contributed by atoms with Gasteiger partial charge >= 0.3 is 0 Å². The van der Waals surface area contributed by atoms with Crippen LogP contribution in [-0.4, -0.2) is 22.0 Å². The molecule has 2 heterocycles. The van der Waals surface area contributed by atoms with Crippen molar-refractivity contribution in [1.29, 1.82) is 0 Å². The summed E-state index contributed by atoms with van der Waals surface area (Å²) in [7, 11) is 1.66. The number of non-ortho nitro benzene ring substituents is 1. The summed E-state index contributed by atoms with van der Waals surface area (Å²) in [5, 5.41) is 12.9. The molecule has 7 heteroatoms. The number of fused-ring (bicyclic) bond motifs is 3. The fraction of sp³-hybridized carbons (Fsp3) is 0.190. The zero-order valence-corrected chi connectivity index (χ0v) is 15.8. The van der Waals surface area contributed by atoms with Crippen LogP contribution in [0.2, 0.25) is 0 Å². The number of aryl methyl sites for hydroxylation is 2. The standard InChI is InChI=1S/C21H19N3O4/c1-12-9-14(24(25)26)7-8-18(12)28-19-6-4-5-16-21(19)20-15(11-27-3)13(2)22-10-17(20)23-16/h4-10,23H,11H2,1-3H3. The molecular formula is C21H19N3O4. The van der Waals surface area contributed by atoms with E-state index in [1.165, 1.54) is 12.1 Å². The Morgan fingerprint density at radius 1 is 1.11 bits per heavy atom. The number of H-pyrrole nitrogens is 1. The highest BCUT2D eigenvalue weighted by Gasteiger charge is 2.17. The van der Waals surface area contributed by atoms with Gasteiger partial charge < -0.3 is 14.5 Å². The topological polar surface area (TPSA) is 90.3 Å². The molecule has 0 saturated carbocycles. The van der Waals surface area contributed by atoms with Crippen molar-refractivity contribution in [3.05, 3.63) is 69.5 Å². The minimum Gasteiger partial charge on any atom is -0.456 e. The van der Waals surface area contributed by atoms with Gasteiger partial charge in [0.2, 0.25) is 0 Å². The lowest BCUT2D eigenvalue weighted by Crippen LogP contribution is -1.96. The fourth-order valence-corrected chi connectivity index (χ4v) is 3.45. The molecule has 2 aromatic carbocycles. The number of aromatic amines is 1. The van der Waals surface area contributed by atoms with Crippen LogP contribution >= 0.6 is 0 Å². The molecule has 0 spiro atoms. The third kappa shape index (κ3) is 2.95. The maximum absolute atomic E-state index is 11.0. The number of hydrogen-bond donors (Lipinski definition) is 1. The number of benzene rings is 2. The van der Waals surface area contributed by atoms with Gasteiger partial charge in [-0.1, -0.05) is 6.07 Å². The molecule has 142 valence electrons. The molecule has 0 saturated heterocycles. The molecule has 1 N–H and O–H groups in total. The Labute approximate surface area is 161 Å². The molecule has 0 unspecified atom stereocenters. The maximum atomic E-state index is 11.0. The van der Waals surface area contributed by atoms with E-state index in [-0.39, 0.29) is 5.69 Å². The molecule has 0 radical (unpaired) electrons. The summed E-state index contributed by atoms with van der Waals surface area (Å²) in [5.74, 6) is 1.25. The zero-order valence-electron chi connectivity index (χ0n) is 15.8. The van der Waals surface area contributed by atoms with Crippen LogP contribution in [-0.2, 0) is 11.3 Å². The summed E-state index contributed by atoms with van der Waals surface area (Å²) >= 11 is 0. The fourth-order valence-electron chi connectivity index (χ4n) is 3.45. The second-order valence-electron chi connectivity index (χ2n) is 6.66. The molecule has 7 nitrogen and oxygen atoms in total. The van der Waals surface area contributed by atoms with E-state index in [9.17, 15) is 10.1 Å². The van der Waals surface area contributed by atoms with Crippen LogP contribution in [0.1, 0.15) is 16.8 Å². The molecule has 0 atom stereocenters. The molecule has 28 heavy (non-hydrogen) atoms. The van der Waals surface area contributed by atoms with Gasteiger partial charge in [0.1, 0.15) is 11.5 Å². The second-order valence-corrected chi connectivity index (χ2v) is 6.66. The Morgan fingerprint density at radius 3 is 2.64 bits per heavy atom. The van der Waals surface area contributed by atoms with Gasteiger partial charge in [-0.05, 0) is 37.6 Å². The van der Waals surface area contributed by atoms with Crippen molar-refractivity contribution in [2.24, 2.45) is 0 Å². The number of nitro benzene ring substituents is 1. The first-order chi connectivity index (χ1) is 13.5. The highest BCUT2D eigenvalue weighted by atomic mass is 16.6. The molecule has 0 amide bonds. The van der Waals surface area contributed by atoms with E-state index in [1.807, 2.05) is 31.3 Å². The lowest BCUT2D eigenvalue weighted by atomic mass is 10.1. The number of nitrogens with one attached hydrogen (secondary N) is 1. The van der Waals surface area contributed by atoms with Gasteiger partial charge in [-0.3, -0.25) is 15.1 Å². The second kappa shape index (κ2) is 6.94. The third-order valence-electron chi connectivity index (χ3n) is 4.82. The third-order valence-corrected chi connectivity index (χ3v) is 4.82. The van der Waals surface area contributed by atoms with Gasteiger partial charge in [-0.2, -0.15) is 0 Å². The monoisotopic (exact) mass is 377 g/mol. The Balaban J connectivity index is 1.90. The van der Waals surface area contributed by atoms with Gasteiger partial charge in [0.25, 0.3) is 5.69 Å². The average Bonchev–Trinajstić information content (AvgIpc) is 3.05. The Morgan fingerprint density at radius 2 is 1.93 bits per heavy atom. The van der Waals surface area contributed by atoms with Crippen molar-refractivity contribution in [2.75, 3.05) is 7.11 Å². The summed E-state index contributed by atoms with van der Waals surface area (Å²) < 4.78 is 11.6. The van der Waals surface area contributed by atoms with E-state index in [2.05, 4.69) is 9.97 Å². The predicted molar refractivity (Wildman–Crippen MR) is 107 cm³/mol. The Hall–Kier alpha value is -3.45.